The Hall–Kier alpha value is -0.820. The molecule has 3 atom stereocenters. The molecule has 1 N–H and O–H groups in total. The van der Waals surface area contributed by atoms with Gasteiger partial charge in [-0.3, -0.25) is 0 Å². The molecule has 1 aliphatic rings. The maximum atomic E-state index is 3.40. The highest BCUT2D eigenvalue weighted by molar-refractivity contribution is 5.31. The molecule has 0 aromatic heterocycles. The minimum atomic E-state index is 0.754. The van der Waals surface area contributed by atoms with Gasteiger partial charge in [0.2, 0.25) is 0 Å². The monoisotopic (exact) mass is 259 g/mol. The lowest BCUT2D eigenvalue weighted by Gasteiger charge is -2.36. The molecule has 1 aromatic carbocycles. The third-order valence-electron chi connectivity index (χ3n) is 4.82. The minimum absolute atomic E-state index is 0.754. The summed E-state index contributed by atoms with van der Waals surface area (Å²) in [6.45, 7) is 7.96. The van der Waals surface area contributed by atoms with E-state index in [1.54, 1.807) is 5.56 Å². The van der Waals surface area contributed by atoms with Gasteiger partial charge in [-0.2, -0.15) is 0 Å². The van der Waals surface area contributed by atoms with Crippen molar-refractivity contribution in [1.82, 2.24) is 5.32 Å². The Morgan fingerprint density at radius 1 is 1.11 bits per heavy atom. The predicted octanol–water partition coefficient (Wildman–Crippen LogP) is 4.43. The molecule has 0 saturated heterocycles. The Morgan fingerprint density at radius 2 is 1.79 bits per heavy atom. The third kappa shape index (κ3) is 3.60. The van der Waals surface area contributed by atoms with E-state index >= 15 is 0 Å². The topological polar surface area (TPSA) is 12.0 Å². The van der Waals surface area contributed by atoms with Crippen LogP contribution in [0.4, 0.5) is 0 Å². The molecule has 0 heterocycles. The summed E-state index contributed by atoms with van der Waals surface area (Å²) in [6, 6.07) is 7.12. The van der Waals surface area contributed by atoms with E-state index < -0.39 is 0 Å². The fraction of sp³-hybridized carbons (Fsp3) is 0.667. The van der Waals surface area contributed by atoms with Crippen molar-refractivity contribution in [2.75, 3.05) is 13.6 Å². The zero-order valence-corrected chi connectivity index (χ0v) is 13.0. The standard InChI is InChI=1S/C18H29N/c1-5-15-6-7-16(12-19-4)18(11-15)17-9-13(2)8-14(3)10-17/h8-10,15-16,18-19H,5-7,11-12H2,1-4H3. The van der Waals surface area contributed by atoms with Crippen LogP contribution < -0.4 is 5.32 Å². The normalized spacial score (nSPS) is 27.5. The van der Waals surface area contributed by atoms with Gasteiger partial charge in [0.15, 0.2) is 0 Å². The maximum absolute atomic E-state index is 3.40. The highest BCUT2D eigenvalue weighted by Crippen LogP contribution is 2.41. The summed E-state index contributed by atoms with van der Waals surface area (Å²) in [5.74, 6) is 2.50. The summed E-state index contributed by atoms with van der Waals surface area (Å²) in [6.07, 6.45) is 5.53. The number of nitrogens with one attached hydrogen (secondary N) is 1. The molecule has 0 aliphatic heterocycles. The van der Waals surface area contributed by atoms with Gasteiger partial charge in [0.1, 0.15) is 0 Å². The van der Waals surface area contributed by atoms with Crippen molar-refractivity contribution in [3.8, 4) is 0 Å². The molecule has 3 unspecified atom stereocenters. The van der Waals surface area contributed by atoms with Crippen LogP contribution in [-0.4, -0.2) is 13.6 Å². The van der Waals surface area contributed by atoms with Crippen molar-refractivity contribution in [3.05, 3.63) is 34.9 Å². The van der Waals surface area contributed by atoms with Crippen molar-refractivity contribution in [2.45, 2.75) is 52.4 Å². The summed E-state index contributed by atoms with van der Waals surface area (Å²) in [5, 5.41) is 3.40. The average molecular weight is 259 g/mol. The largest absolute Gasteiger partial charge is 0.319 e. The van der Waals surface area contributed by atoms with E-state index in [9.17, 15) is 0 Å². The Bertz CT molecular complexity index is 390. The van der Waals surface area contributed by atoms with Crippen LogP contribution in [0.2, 0.25) is 0 Å². The molecule has 1 aromatic rings. The molecule has 1 heteroatoms. The van der Waals surface area contributed by atoms with Crippen molar-refractivity contribution in [2.24, 2.45) is 11.8 Å². The molecule has 1 fully saturated rings. The van der Waals surface area contributed by atoms with Gasteiger partial charge in [0, 0.05) is 0 Å². The van der Waals surface area contributed by atoms with Gasteiger partial charge in [-0.25, -0.2) is 0 Å². The molecule has 1 aliphatic carbocycles. The Labute approximate surface area is 118 Å². The zero-order valence-electron chi connectivity index (χ0n) is 13.0. The van der Waals surface area contributed by atoms with E-state index in [-0.39, 0.29) is 0 Å². The number of hydrogen-bond acceptors (Lipinski definition) is 1. The minimum Gasteiger partial charge on any atom is -0.319 e. The summed E-state index contributed by atoms with van der Waals surface area (Å²) < 4.78 is 0. The van der Waals surface area contributed by atoms with Gasteiger partial charge in [0.25, 0.3) is 0 Å². The highest BCUT2D eigenvalue weighted by Gasteiger charge is 2.30. The smallest absolute Gasteiger partial charge is 0.00177 e. The second-order valence-corrected chi connectivity index (χ2v) is 6.43. The zero-order chi connectivity index (χ0) is 13.8. The van der Waals surface area contributed by atoms with Gasteiger partial charge in [-0.1, -0.05) is 49.1 Å². The molecule has 19 heavy (non-hydrogen) atoms. The first-order chi connectivity index (χ1) is 9.13. The SMILES string of the molecule is CCC1CCC(CNC)C(c2cc(C)cc(C)c2)C1. The molecule has 0 radical (unpaired) electrons. The first-order valence-electron chi connectivity index (χ1n) is 7.86. The van der Waals surface area contributed by atoms with Crippen molar-refractivity contribution in [1.29, 1.82) is 0 Å². The van der Waals surface area contributed by atoms with Gasteiger partial charge >= 0.3 is 0 Å². The molecule has 2 rings (SSSR count). The average Bonchev–Trinajstić information content (AvgIpc) is 2.38. The fourth-order valence-electron chi connectivity index (χ4n) is 3.83. The summed E-state index contributed by atoms with van der Waals surface area (Å²) >= 11 is 0. The Kier molecular flexibility index (Phi) is 5.04. The Balaban J connectivity index is 2.24. The van der Waals surface area contributed by atoms with Crippen molar-refractivity contribution in [3.63, 3.8) is 0 Å². The van der Waals surface area contributed by atoms with Crippen molar-refractivity contribution >= 4 is 0 Å². The van der Waals surface area contributed by atoms with E-state index in [2.05, 4.69) is 51.3 Å². The highest BCUT2D eigenvalue weighted by atomic mass is 14.8. The molecule has 106 valence electrons. The molecular weight excluding hydrogens is 230 g/mol. The summed E-state index contributed by atoms with van der Waals surface area (Å²) in [5.41, 5.74) is 4.41. The van der Waals surface area contributed by atoms with Crippen LogP contribution in [0.3, 0.4) is 0 Å². The van der Waals surface area contributed by atoms with E-state index in [4.69, 9.17) is 0 Å². The maximum Gasteiger partial charge on any atom is -0.00177 e. The third-order valence-corrected chi connectivity index (χ3v) is 4.82. The molecule has 0 bridgehead atoms. The molecule has 1 saturated carbocycles. The van der Waals surface area contributed by atoms with Crippen LogP contribution in [0.25, 0.3) is 0 Å². The van der Waals surface area contributed by atoms with E-state index in [0.717, 1.165) is 24.3 Å². The first-order valence-corrected chi connectivity index (χ1v) is 7.86. The van der Waals surface area contributed by atoms with E-state index in [0.29, 0.717) is 0 Å². The molecule has 0 spiro atoms. The van der Waals surface area contributed by atoms with Crippen LogP contribution in [0.1, 0.15) is 55.2 Å². The van der Waals surface area contributed by atoms with Crippen molar-refractivity contribution < 1.29 is 0 Å². The second kappa shape index (κ2) is 6.56. The predicted molar refractivity (Wildman–Crippen MR) is 83.7 cm³/mol. The van der Waals surface area contributed by atoms with Crippen LogP contribution in [0.15, 0.2) is 18.2 Å². The number of rotatable bonds is 4. The van der Waals surface area contributed by atoms with Gasteiger partial charge in [0.05, 0.1) is 0 Å². The number of benzene rings is 1. The number of hydrogen-bond donors (Lipinski definition) is 1. The van der Waals surface area contributed by atoms with E-state index in [1.807, 2.05) is 0 Å². The molecule has 0 amide bonds. The lowest BCUT2D eigenvalue weighted by atomic mass is 9.70. The Morgan fingerprint density at radius 3 is 2.37 bits per heavy atom. The second-order valence-electron chi connectivity index (χ2n) is 6.43. The van der Waals surface area contributed by atoms with Crippen LogP contribution in [-0.2, 0) is 0 Å². The van der Waals surface area contributed by atoms with Crippen LogP contribution >= 0.6 is 0 Å². The van der Waals surface area contributed by atoms with Crippen LogP contribution in [0, 0.1) is 25.7 Å². The summed E-state index contributed by atoms with van der Waals surface area (Å²) in [7, 11) is 2.09. The molecular formula is C18H29N. The lowest BCUT2D eigenvalue weighted by Crippen LogP contribution is -2.30. The van der Waals surface area contributed by atoms with Crippen LogP contribution in [0.5, 0.6) is 0 Å². The quantitative estimate of drug-likeness (QED) is 0.843. The van der Waals surface area contributed by atoms with Gasteiger partial charge in [-0.05, 0) is 63.6 Å². The van der Waals surface area contributed by atoms with Gasteiger partial charge < -0.3 is 5.32 Å². The van der Waals surface area contributed by atoms with Gasteiger partial charge in [-0.15, -0.1) is 0 Å². The first kappa shape index (κ1) is 14.6. The van der Waals surface area contributed by atoms with E-state index in [1.165, 1.54) is 36.8 Å². The number of aryl methyl sites for hydroxylation is 2. The fourth-order valence-corrected chi connectivity index (χ4v) is 3.83. The summed E-state index contributed by atoms with van der Waals surface area (Å²) in [4.78, 5) is 0. The molecule has 1 nitrogen and oxygen atoms in total. The lowest BCUT2D eigenvalue weighted by molar-refractivity contribution is 0.228.